The number of imidazole rings is 2. The summed E-state index contributed by atoms with van der Waals surface area (Å²) in [6.07, 6.45) is 6.48. The van der Waals surface area contributed by atoms with E-state index in [-0.39, 0.29) is 12.1 Å². The van der Waals surface area contributed by atoms with Crippen LogP contribution in [-0.2, 0) is 0 Å². The molecule has 7 nitrogen and oxygen atoms in total. The molecule has 6 rings (SSSR count). The van der Waals surface area contributed by atoms with Gasteiger partial charge in [0.25, 0.3) is 0 Å². The third-order valence-electron chi connectivity index (χ3n) is 6.79. The number of aromatic nitrogens is 4. The van der Waals surface area contributed by atoms with Crippen molar-refractivity contribution in [1.29, 1.82) is 0 Å². The monoisotopic (exact) mass is 440 g/mol. The molecule has 0 radical (unpaired) electrons. The predicted molar refractivity (Wildman–Crippen MR) is 128 cm³/mol. The molecule has 2 aromatic carbocycles. The Labute approximate surface area is 192 Å². The zero-order chi connectivity index (χ0) is 22.2. The highest BCUT2D eigenvalue weighted by atomic mass is 16.3. The highest BCUT2D eigenvalue weighted by Crippen LogP contribution is 2.29. The van der Waals surface area contributed by atoms with Crippen molar-refractivity contribution in [1.82, 2.24) is 30.6 Å². The standard InChI is InChI=1S/C26H28N6O/c33-23-11-13-28-24(23)26-30-15-22(32-26)19-9-5-17(6-10-19)16-3-7-18(8-4-16)21-14-29-25(31-21)20-2-1-12-27-20/h3-10,14-15,20,23-24,27-28,33H,1-2,11-13H2,(H,29,31)(H,30,32)/t20?,23-,24-/m0/s1. The number of rotatable bonds is 5. The van der Waals surface area contributed by atoms with Crippen LogP contribution in [0.15, 0.2) is 60.9 Å². The summed E-state index contributed by atoms with van der Waals surface area (Å²) in [5.41, 5.74) is 6.56. The van der Waals surface area contributed by atoms with Gasteiger partial charge >= 0.3 is 0 Å². The lowest BCUT2D eigenvalue weighted by Gasteiger charge is -2.11. The first-order valence-electron chi connectivity index (χ1n) is 11.7. The first kappa shape index (κ1) is 20.4. The van der Waals surface area contributed by atoms with Crippen LogP contribution in [0.4, 0.5) is 0 Å². The van der Waals surface area contributed by atoms with Gasteiger partial charge in [0.05, 0.1) is 42.0 Å². The lowest BCUT2D eigenvalue weighted by Crippen LogP contribution is -2.22. The van der Waals surface area contributed by atoms with Gasteiger partial charge in [-0.15, -0.1) is 0 Å². The highest BCUT2D eigenvalue weighted by Gasteiger charge is 2.28. The van der Waals surface area contributed by atoms with Crippen molar-refractivity contribution in [2.45, 2.75) is 37.5 Å². The Morgan fingerprint density at radius 3 is 1.79 bits per heavy atom. The lowest BCUT2D eigenvalue weighted by molar-refractivity contribution is 0.157. The van der Waals surface area contributed by atoms with Crippen LogP contribution < -0.4 is 10.6 Å². The second kappa shape index (κ2) is 8.59. The molecule has 0 spiro atoms. The second-order valence-corrected chi connectivity index (χ2v) is 8.96. The van der Waals surface area contributed by atoms with Gasteiger partial charge in [-0.1, -0.05) is 48.5 Å². The van der Waals surface area contributed by atoms with Crippen molar-refractivity contribution in [2.75, 3.05) is 13.1 Å². The molecule has 168 valence electrons. The molecule has 0 saturated carbocycles. The van der Waals surface area contributed by atoms with Gasteiger partial charge in [-0.05, 0) is 54.6 Å². The molecule has 5 N–H and O–H groups in total. The first-order valence-corrected chi connectivity index (χ1v) is 11.7. The fourth-order valence-electron chi connectivity index (χ4n) is 4.87. The van der Waals surface area contributed by atoms with Crippen LogP contribution in [0.1, 0.15) is 43.0 Å². The summed E-state index contributed by atoms with van der Waals surface area (Å²) in [7, 11) is 0. The van der Waals surface area contributed by atoms with Crippen molar-refractivity contribution < 1.29 is 5.11 Å². The van der Waals surface area contributed by atoms with Crippen molar-refractivity contribution in [3.05, 3.63) is 72.6 Å². The highest BCUT2D eigenvalue weighted by molar-refractivity contribution is 5.71. The van der Waals surface area contributed by atoms with Gasteiger partial charge in [-0.2, -0.15) is 0 Å². The van der Waals surface area contributed by atoms with E-state index in [0.29, 0.717) is 6.04 Å². The van der Waals surface area contributed by atoms with Crippen LogP contribution in [0.2, 0.25) is 0 Å². The normalized spacial score (nSPS) is 22.8. The molecule has 4 aromatic rings. The summed E-state index contributed by atoms with van der Waals surface area (Å²) < 4.78 is 0. The number of hydrogen-bond donors (Lipinski definition) is 5. The molecule has 0 bridgehead atoms. The molecule has 2 aliphatic heterocycles. The summed E-state index contributed by atoms with van der Waals surface area (Å²) in [6.45, 7) is 1.88. The molecular formula is C26H28N6O. The maximum atomic E-state index is 10.1. The number of aliphatic hydroxyl groups is 1. The summed E-state index contributed by atoms with van der Waals surface area (Å²) in [5.74, 6) is 1.82. The van der Waals surface area contributed by atoms with Crippen LogP contribution in [0, 0.1) is 0 Å². The van der Waals surface area contributed by atoms with Crippen LogP contribution in [0.5, 0.6) is 0 Å². The minimum Gasteiger partial charge on any atom is -0.391 e. The van der Waals surface area contributed by atoms with Gasteiger partial charge in [0, 0.05) is 0 Å². The van der Waals surface area contributed by atoms with Crippen LogP contribution in [-0.4, -0.2) is 44.2 Å². The lowest BCUT2D eigenvalue weighted by atomic mass is 10.0. The Balaban J connectivity index is 1.17. The molecule has 0 aliphatic carbocycles. The van der Waals surface area contributed by atoms with Gasteiger partial charge in [-0.25, -0.2) is 9.97 Å². The van der Waals surface area contributed by atoms with E-state index in [9.17, 15) is 5.11 Å². The first-order chi connectivity index (χ1) is 16.2. The Kier molecular flexibility index (Phi) is 5.30. The largest absolute Gasteiger partial charge is 0.391 e. The van der Waals surface area contributed by atoms with E-state index in [4.69, 9.17) is 0 Å². The van der Waals surface area contributed by atoms with Gasteiger partial charge in [0.15, 0.2) is 0 Å². The topological polar surface area (TPSA) is 102 Å². The second-order valence-electron chi connectivity index (χ2n) is 8.96. The zero-order valence-corrected chi connectivity index (χ0v) is 18.4. The van der Waals surface area contributed by atoms with Gasteiger partial charge in [-0.3, -0.25) is 0 Å². The van der Waals surface area contributed by atoms with Gasteiger partial charge in [0.1, 0.15) is 11.6 Å². The summed E-state index contributed by atoms with van der Waals surface area (Å²) >= 11 is 0. The van der Waals surface area contributed by atoms with Crippen LogP contribution >= 0.6 is 0 Å². The van der Waals surface area contributed by atoms with Gasteiger partial charge < -0.3 is 25.7 Å². The molecular weight excluding hydrogens is 412 g/mol. The van der Waals surface area contributed by atoms with E-state index >= 15 is 0 Å². The molecule has 1 unspecified atom stereocenters. The molecule has 7 heteroatoms. The van der Waals surface area contributed by atoms with Crippen molar-refractivity contribution in [2.24, 2.45) is 0 Å². The molecule has 2 aliphatic rings. The number of hydrogen-bond acceptors (Lipinski definition) is 5. The Morgan fingerprint density at radius 2 is 1.24 bits per heavy atom. The number of nitrogens with one attached hydrogen (secondary N) is 4. The van der Waals surface area contributed by atoms with Crippen molar-refractivity contribution in [3.8, 4) is 33.6 Å². The summed E-state index contributed by atoms with van der Waals surface area (Å²) in [5, 5.41) is 16.9. The van der Waals surface area contributed by atoms with E-state index in [1.165, 1.54) is 17.5 Å². The van der Waals surface area contributed by atoms with E-state index in [1.54, 1.807) is 0 Å². The summed E-state index contributed by atoms with van der Waals surface area (Å²) in [6, 6.07) is 17.3. The molecule has 2 saturated heterocycles. The molecule has 4 heterocycles. The third kappa shape index (κ3) is 3.99. The molecule has 2 fully saturated rings. The molecule has 2 aromatic heterocycles. The van der Waals surface area contributed by atoms with E-state index in [0.717, 1.165) is 60.1 Å². The van der Waals surface area contributed by atoms with E-state index in [1.807, 2.05) is 12.4 Å². The van der Waals surface area contributed by atoms with E-state index in [2.05, 4.69) is 79.1 Å². The number of H-pyrrole nitrogens is 2. The minimum absolute atomic E-state index is 0.114. The number of nitrogens with zero attached hydrogens (tertiary/aromatic N) is 2. The Morgan fingerprint density at radius 1 is 0.667 bits per heavy atom. The molecule has 3 atom stereocenters. The quantitative estimate of drug-likeness (QED) is 0.323. The Bertz CT molecular complexity index is 1220. The van der Waals surface area contributed by atoms with Crippen molar-refractivity contribution >= 4 is 0 Å². The predicted octanol–water partition coefficient (Wildman–Crippen LogP) is 3.95. The van der Waals surface area contributed by atoms with E-state index < -0.39 is 0 Å². The van der Waals surface area contributed by atoms with Crippen LogP contribution in [0.3, 0.4) is 0 Å². The van der Waals surface area contributed by atoms with Gasteiger partial charge in [0.2, 0.25) is 0 Å². The Hall–Kier alpha value is -3.26. The molecule has 0 amide bonds. The maximum absolute atomic E-state index is 10.1. The molecule has 33 heavy (non-hydrogen) atoms. The summed E-state index contributed by atoms with van der Waals surface area (Å²) in [4.78, 5) is 15.9. The fraction of sp³-hybridized carbons (Fsp3) is 0.308. The third-order valence-corrected chi connectivity index (χ3v) is 6.79. The fourth-order valence-corrected chi connectivity index (χ4v) is 4.87. The van der Waals surface area contributed by atoms with Crippen LogP contribution in [0.25, 0.3) is 33.6 Å². The number of aromatic amines is 2. The van der Waals surface area contributed by atoms with Crippen molar-refractivity contribution in [3.63, 3.8) is 0 Å². The zero-order valence-electron chi connectivity index (χ0n) is 18.4. The number of benzene rings is 2. The average molecular weight is 441 g/mol. The number of aliphatic hydroxyl groups excluding tert-OH is 1. The average Bonchev–Trinajstić information content (AvgIpc) is 3.66. The minimum atomic E-state index is -0.387. The maximum Gasteiger partial charge on any atom is 0.126 e. The SMILES string of the molecule is O[C@H]1CCN[C@@H]1c1ncc(-c2ccc(-c3ccc(-c4cnc(C5CCCN5)[nH]4)cc3)cc2)[nH]1. The smallest absolute Gasteiger partial charge is 0.126 e.